The minimum absolute atomic E-state index is 0.0365. The molecule has 0 spiro atoms. The first-order valence-electron chi connectivity index (χ1n) is 12.4. The van der Waals surface area contributed by atoms with Gasteiger partial charge in [-0.2, -0.15) is 0 Å². The Morgan fingerprint density at radius 3 is 2.37 bits per heavy atom. The molecule has 0 saturated carbocycles. The fourth-order valence-electron chi connectivity index (χ4n) is 3.44. The molecule has 11 N–H and O–H groups in total. The molecular weight excluding hydrogens is 549 g/mol. The van der Waals surface area contributed by atoms with Gasteiger partial charge in [-0.05, 0) is 31.4 Å². The second-order valence-electron chi connectivity index (χ2n) is 8.72. The van der Waals surface area contributed by atoms with Crippen LogP contribution in [0.5, 0.6) is 5.75 Å². The number of rotatable bonds is 17. The van der Waals surface area contributed by atoms with Crippen molar-refractivity contribution in [1.82, 2.24) is 19.9 Å². The summed E-state index contributed by atoms with van der Waals surface area (Å²) in [6.07, 6.45) is 3.00. The first-order chi connectivity index (χ1) is 19.3. The Kier molecular flexibility index (Phi) is 14.8. The van der Waals surface area contributed by atoms with Gasteiger partial charge in [-0.25, -0.2) is 24.6 Å². The third kappa shape index (κ3) is 13.7. The number of H-pyrrole nitrogens is 1. The van der Waals surface area contributed by atoms with E-state index in [2.05, 4.69) is 10.7 Å². The number of nitrogens with zero attached hydrogens (tertiary/aromatic N) is 2. The van der Waals surface area contributed by atoms with Gasteiger partial charge < -0.3 is 46.8 Å². The predicted molar refractivity (Wildman–Crippen MR) is 144 cm³/mol. The summed E-state index contributed by atoms with van der Waals surface area (Å²) in [6.45, 7) is -0.00146. The van der Waals surface area contributed by atoms with E-state index in [4.69, 9.17) is 31.6 Å². The van der Waals surface area contributed by atoms with Crippen LogP contribution in [0.1, 0.15) is 38.5 Å². The predicted octanol–water partition coefficient (Wildman–Crippen LogP) is 0.271. The van der Waals surface area contributed by atoms with E-state index in [-0.39, 0.29) is 38.1 Å². The van der Waals surface area contributed by atoms with Crippen LogP contribution in [0.15, 0.2) is 34.9 Å². The lowest BCUT2D eigenvalue weighted by Gasteiger charge is -2.13. The van der Waals surface area contributed by atoms with Gasteiger partial charge in [0.2, 0.25) is 0 Å². The molecule has 1 unspecified atom stereocenters. The van der Waals surface area contributed by atoms with E-state index in [0.29, 0.717) is 41.9 Å². The number of carbonyl (C=O) groups excluding carboxylic acids is 1. The highest BCUT2D eigenvalue weighted by atomic mass is 19.1. The number of amides is 2. The number of fused-ring (bicyclic) bond motifs is 1. The van der Waals surface area contributed by atoms with Crippen LogP contribution in [0.3, 0.4) is 0 Å². The van der Waals surface area contributed by atoms with Crippen LogP contribution in [-0.4, -0.2) is 79.7 Å². The summed E-state index contributed by atoms with van der Waals surface area (Å²) in [5.74, 6) is 2.82. The first kappa shape index (κ1) is 34.2. The molecule has 1 heterocycles. The molecule has 1 aromatic heterocycles. The van der Waals surface area contributed by atoms with Crippen LogP contribution in [-0.2, 0) is 20.9 Å². The molecular formula is C24H36FN7O9. The van der Waals surface area contributed by atoms with E-state index in [1.807, 2.05) is 5.32 Å². The third-order valence-electron chi connectivity index (χ3n) is 5.36. The maximum Gasteiger partial charge on any atom is 0.326 e. The van der Waals surface area contributed by atoms with Crippen molar-refractivity contribution in [2.75, 3.05) is 19.8 Å². The summed E-state index contributed by atoms with van der Waals surface area (Å²) in [4.78, 5) is 56.2. The van der Waals surface area contributed by atoms with Crippen LogP contribution >= 0.6 is 0 Å². The molecule has 0 saturated heterocycles. The van der Waals surface area contributed by atoms with Crippen molar-refractivity contribution in [2.45, 2.75) is 51.1 Å². The lowest BCUT2D eigenvalue weighted by Crippen LogP contribution is -2.43. The van der Waals surface area contributed by atoms with Gasteiger partial charge in [0, 0.05) is 31.7 Å². The fraction of sp³-hybridized carbons (Fsp3) is 0.458. The number of hydrazine groups is 1. The van der Waals surface area contributed by atoms with E-state index in [0.717, 1.165) is 11.4 Å². The van der Waals surface area contributed by atoms with Gasteiger partial charge in [0.15, 0.2) is 0 Å². The van der Waals surface area contributed by atoms with E-state index in [1.54, 1.807) is 22.8 Å². The first-order valence-corrected chi connectivity index (χ1v) is 12.4. The average molecular weight is 586 g/mol. The Balaban J connectivity index is 0.000000545. The van der Waals surface area contributed by atoms with Gasteiger partial charge in [-0.3, -0.25) is 14.2 Å². The summed E-state index contributed by atoms with van der Waals surface area (Å²) in [5.41, 5.74) is 12.0. The summed E-state index contributed by atoms with van der Waals surface area (Å²) in [6, 6.07) is 2.96. The van der Waals surface area contributed by atoms with Gasteiger partial charge in [0.05, 0.1) is 23.3 Å². The van der Waals surface area contributed by atoms with E-state index in [9.17, 15) is 28.4 Å². The third-order valence-corrected chi connectivity index (χ3v) is 5.36. The largest absolute Gasteiger partial charge is 0.487 e. The number of urea groups is 1. The molecule has 2 aromatic rings. The molecule has 1 aromatic carbocycles. The van der Waals surface area contributed by atoms with Crippen LogP contribution < -0.4 is 33.1 Å². The molecule has 0 aliphatic carbocycles. The lowest BCUT2D eigenvalue weighted by atomic mass is 10.1. The van der Waals surface area contributed by atoms with E-state index >= 15 is 0 Å². The molecule has 0 aliphatic rings. The van der Waals surface area contributed by atoms with Crippen molar-refractivity contribution in [2.24, 2.45) is 17.3 Å². The maximum atomic E-state index is 12.2. The van der Waals surface area contributed by atoms with Crippen molar-refractivity contribution in [3.8, 4) is 5.75 Å². The minimum Gasteiger partial charge on any atom is -0.487 e. The maximum absolute atomic E-state index is 12.2. The number of benzene rings is 1. The van der Waals surface area contributed by atoms with Crippen molar-refractivity contribution in [1.29, 1.82) is 0 Å². The second kappa shape index (κ2) is 17.7. The van der Waals surface area contributed by atoms with Crippen LogP contribution in [0.25, 0.3) is 11.0 Å². The van der Waals surface area contributed by atoms with Crippen LogP contribution in [0, 0.1) is 0 Å². The van der Waals surface area contributed by atoms with Gasteiger partial charge >= 0.3 is 29.6 Å². The summed E-state index contributed by atoms with van der Waals surface area (Å²) in [5, 5.41) is 28.4. The highest BCUT2D eigenvalue weighted by Crippen LogP contribution is 2.19. The fourth-order valence-corrected chi connectivity index (χ4v) is 3.44. The number of halogens is 1. The summed E-state index contributed by atoms with van der Waals surface area (Å²) in [7, 11) is 0. The van der Waals surface area contributed by atoms with Gasteiger partial charge in [-0.15, -0.1) is 0 Å². The number of primary amides is 1. The van der Waals surface area contributed by atoms with Gasteiger partial charge in [0.25, 0.3) is 0 Å². The molecule has 2 amide bonds. The number of nitrogens with two attached hydrogens (primary N) is 3. The molecule has 16 nitrogen and oxygen atoms in total. The second-order valence-corrected chi connectivity index (χ2v) is 8.72. The van der Waals surface area contributed by atoms with Crippen molar-refractivity contribution < 1.29 is 43.6 Å². The van der Waals surface area contributed by atoms with Gasteiger partial charge in [0.1, 0.15) is 25.1 Å². The number of aliphatic carboxylic acids is 3. The average Bonchev–Trinajstić information content (AvgIpc) is 3.19. The van der Waals surface area contributed by atoms with Crippen molar-refractivity contribution in [3.05, 3.63) is 40.6 Å². The number of carboxylic acids is 3. The summed E-state index contributed by atoms with van der Waals surface area (Å²) >= 11 is 0. The Morgan fingerprint density at radius 2 is 1.78 bits per heavy atom. The van der Waals surface area contributed by atoms with Crippen LogP contribution in [0.2, 0.25) is 0 Å². The number of hydrogen-bond donors (Lipinski definition) is 8. The zero-order chi connectivity index (χ0) is 30.9. The molecule has 0 fully saturated rings. The number of alkyl halides is 1. The van der Waals surface area contributed by atoms with Gasteiger partial charge in [-0.1, -0.05) is 6.42 Å². The number of aromatic amines is 1. The smallest absolute Gasteiger partial charge is 0.326 e. The number of carboxylic acid groups (broad SMARTS) is 3. The molecule has 17 heteroatoms. The van der Waals surface area contributed by atoms with Crippen molar-refractivity contribution in [3.63, 3.8) is 0 Å². The highest BCUT2D eigenvalue weighted by Gasteiger charge is 2.19. The molecule has 228 valence electrons. The quantitative estimate of drug-likeness (QED) is 0.0706. The van der Waals surface area contributed by atoms with Crippen LogP contribution in [0.4, 0.5) is 9.18 Å². The standard InChI is InChI=1S/C18H26FN5O4.C6H10N2O5/c19-7-9-23(21)11-13(20)12-28-14-5-6-15-16(10-14)24(18(27)22-15)8-3-1-2-4-17(25)26;7-6(13)8-3(5(11)12)1-2-4(9)10/h5-6,10-11H,1-4,7-9,12,20-21H2,(H,22,27)(H,25,26);3H,1-2H2,(H,9,10)(H,11,12)(H3,7,8,13)/b13-11-;. The Hall–Kier alpha value is -4.80. The van der Waals surface area contributed by atoms with E-state index < -0.39 is 36.7 Å². The molecule has 41 heavy (non-hydrogen) atoms. The normalized spacial score (nSPS) is 11.7. The number of imidazole rings is 1. The lowest BCUT2D eigenvalue weighted by molar-refractivity contribution is -0.141. The Morgan fingerprint density at radius 1 is 1.10 bits per heavy atom. The SMILES string of the molecule is N/C(=C\N(N)CCF)COc1ccc2[nH]c(=O)n(CCCCCC(=O)O)c2c1.NC(=O)NC(CCC(=O)O)C(=O)O. The molecule has 0 bridgehead atoms. The summed E-state index contributed by atoms with van der Waals surface area (Å²) < 4.78 is 19.4. The highest BCUT2D eigenvalue weighted by molar-refractivity contribution is 5.82. The Labute approximate surface area is 233 Å². The van der Waals surface area contributed by atoms with Crippen molar-refractivity contribution >= 4 is 35.0 Å². The number of ether oxygens (including phenoxy) is 1. The number of unbranched alkanes of at least 4 members (excludes halogenated alkanes) is 2. The number of nitrogens with one attached hydrogen (secondary N) is 2. The Bertz CT molecular complexity index is 1260. The zero-order valence-corrected chi connectivity index (χ0v) is 22.3. The minimum atomic E-state index is -1.31. The monoisotopic (exact) mass is 585 g/mol. The topological polar surface area (TPSA) is 269 Å². The molecule has 0 aliphatic heterocycles. The molecule has 2 rings (SSSR count). The number of hydrogen-bond acceptors (Lipinski definition) is 9. The zero-order valence-electron chi connectivity index (χ0n) is 22.3. The molecule has 0 radical (unpaired) electrons. The van der Waals surface area contributed by atoms with E-state index in [1.165, 1.54) is 6.20 Å². The number of aryl methyl sites for hydroxylation is 1. The molecule has 1 atom stereocenters. The number of carbonyl (C=O) groups is 4. The number of aromatic nitrogens is 2.